The predicted molar refractivity (Wildman–Crippen MR) is 112 cm³/mol. The van der Waals surface area contributed by atoms with E-state index in [1.807, 2.05) is 11.3 Å². The number of guanidine groups is 1. The quantitative estimate of drug-likeness (QED) is 0.566. The van der Waals surface area contributed by atoms with Crippen LogP contribution in [0.1, 0.15) is 43.6 Å². The maximum Gasteiger partial charge on any atom is 0.191 e. The van der Waals surface area contributed by atoms with Crippen molar-refractivity contribution in [2.45, 2.75) is 52.1 Å². The van der Waals surface area contributed by atoms with Crippen LogP contribution >= 0.6 is 11.3 Å². The number of likely N-dealkylation sites (tertiary alicyclic amines) is 1. The van der Waals surface area contributed by atoms with Crippen molar-refractivity contribution in [1.29, 1.82) is 0 Å². The molecule has 1 unspecified atom stereocenters. The van der Waals surface area contributed by atoms with Crippen molar-refractivity contribution < 1.29 is 0 Å². The molecule has 3 heterocycles. The maximum absolute atomic E-state index is 4.85. The summed E-state index contributed by atoms with van der Waals surface area (Å²) in [6, 6.07) is 2.76. The van der Waals surface area contributed by atoms with Crippen LogP contribution in [0.5, 0.6) is 0 Å². The standard InChI is InChI=1S/C20H35N5S/c1-3-21-20(22-9-13-24-10-5-4-6-11-24)23-15-17(2)25-12-7-19-18(16-25)8-14-26-19/h8,14,17H,3-7,9-13,15-16H2,1-2H3,(H2,21,22,23). The minimum absolute atomic E-state index is 0.473. The normalized spacial score (nSPS) is 20.6. The van der Waals surface area contributed by atoms with Crippen molar-refractivity contribution in [3.8, 4) is 0 Å². The van der Waals surface area contributed by atoms with Crippen LogP contribution in [0, 0.1) is 0 Å². The number of hydrogen-bond acceptors (Lipinski definition) is 4. The Bertz CT molecular complexity index is 564. The fraction of sp³-hybridized carbons (Fsp3) is 0.750. The molecule has 1 fully saturated rings. The predicted octanol–water partition coefficient (Wildman–Crippen LogP) is 2.54. The molecule has 2 N–H and O–H groups in total. The van der Waals surface area contributed by atoms with Crippen molar-refractivity contribution >= 4 is 17.3 Å². The van der Waals surface area contributed by atoms with E-state index in [1.165, 1.54) is 44.3 Å². The zero-order chi connectivity index (χ0) is 18.2. The van der Waals surface area contributed by atoms with Gasteiger partial charge in [0.2, 0.25) is 0 Å². The van der Waals surface area contributed by atoms with E-state index in [0.29, 0.717) is 6.04 Å². The number of fused-ring (bicyclic) bond motifs is 1. The molecule has 0 spiro atoms. The van der Waals surface area contributed by atoms with Crippen molar-refractivity contribution in [3.05, 3.63) is 21.9 Å². The lowest BCUT2D eigenvalue weighted by Crippen LogP contribution is -2.44. The summed E-state index contributed by atoms with van der Waals surface area (Å²) in [6.45, 7) is 13.0. The zero-order valence-corrected chi connectivity index (χ0v) is 17.3. The maximum atomic E-state index is 4.85. The van der Waals surface area contributed by atoms with Crippen LogP contribution in [0.25, 0.3) is 0 Å². The number of hydrogen-bond donors (Lipinski definition) is 2. The van der Waals surface area contributed by atoms with Crippen LogP contribution in [0.15, 0.2) is 16.4 Å². The van der Waals surface area contributed by atoms with Crippen LogP contribution in [0.3, 0.4) is 0 Å². The van der Waals surface area contributed by atoms with E-state index in [1.54, 1.807) is 4.88 Å². The summed E-state index contributed by atoms with van der Waals surface area (Å²) in [5, 5.41) is 9.14. The first-order chi connectivity index (χ1) is 12.8. The Morgan fingerprint density at radius 3 is 2.88 bits per heavy atom. The van der Waals surface area contributed by atoms with E-state index in [9.17, 15) is 0 Å². The van der Waals surface area contributed by atoms with Crippen molar-refractivity contribution in [2.24, 2.45) is 4.99 Å². The second-order valence-corrected chi connectivity index (χ2v) is 8.49. The minimum Gasteiger partial charge on any atom is -0.357 e. The van der Waals surface area contributed by atoms with Gasteiger partial charge in [-0.2, -0.15) is 0 Å². The molecule has 2 aliphatic rings. The Morgan fingerprint density at radius 1 is 1.23 bits per heavy atom. The molecule has 3 rings (SSSR count). The number of nitrogens with one attached hydrogen (secondary N) is 2. The Hall–Kier alpha value is -1.11. The first-order valence-corrected chi connectivity index (χ1v) is 11.2. The fourth-order valence-electron chi connectivity index (χ4n) is 3.84. The number of piperidine rings is 1. The Balaban J connectivity index is 1.44. The molecule has 2 aliphatic heterocycles. The van der Waals surface area contributed by atoms with Gasteiger partial charge in [0.15, 0.2) is 5.96 Å². The molecular weight excluding hydrogens is 342 g/mol. The van der Waals surface area contributed by atoms with Crippen molar-refractivity contribution in [1.82, 2.24) is 20.4 Å². The number of nitrogens with zero attached hydrogens (tertiary/aromatic N) is 3. The molecular formula is C20H35N5S. The molecule has 146 valence electrons. The Morgan fingerprint density at radius 2 is 2.08 bits per heavy atom. The van der Waals surface area contributed by atoms with Crippen LogP contribution in [-0.2, 0) is 13.0 Å². The van der Waals surface area contributed by atoms with Gasteiger partial charge in [0, 0.05) is 43.6 Å². The topological polar surface area (TPSA) is 42.9 Å². The second-order valence-electron chi connectivity index (χ2n) is 7.49. The van der Waals surface area contributed by atoms with Gasteiger partial charge in [0.25, 0.3) is 0 Å². The molecule has 1 atom stereocenters. The van der Waals surface area contributed by atoms with Gasteiger partial charge < -0.3 is 15.5 Å². The van der Waals surface area contributed by atoms with E-state index >= 15 is 0 Å². The lowest BCUT2D eigenvalue weighted by molar-refractivity contribution is 0.197. The summed E-state index contributed by atoms with van der Waals surface area (Å²) in [5.74, 6) is 0.963. The molecule has 1 saturated heterocycles. The third-order valence-corrected chi connectivity index (χ3v) is 6.51. The van der Waals surface area contributed by atoms with Gasteiger partial charge >= 0.3 is 0 Å². The second kappa shape index (κ2) is 10.3. The van der Waals surface area contributed by atoms with E-state index < -0.39 is 0 Å². The SMILES string of the molecule is CCNC(=NCC(C)N1CCc2sccc2C1)NCCN1CCCCC1. The summed E-state index contributed by atoms with van der Waals surface area (Å²) in [7, 11) is 0. The van der Waals surface area contributed by atoms with E-state index in [4.69, 9.17) is 4.99 Å². The van der Waals surface area contributed by atoms with Gasteiger partial charge in [-0.1, -0.05) is 6.42 Å². The van der Waals surface area contributed by atoms with Crippen molar-refractivity contribution in [2.75, 3.05) is 45.8 Å². The lowest BCUT2D eigenvalue weighted by atomic mass is 10.1. The summed E-state index contributed by atoms with van der Waals surface area (Å²) in [5.41, 5.74) is 1.52. The van der Waals surface area contributed by atoms with Crippen LogP contribution in [0.4, 0.5) is 0 Å². The van der Waals surface area contributed by atoms with Crippen molar-refractivity contribution in [3.63, 3.8) is 0 Å². The fourth-order valence-corrected chi connectivity index (χ4v) is 4.73. The average Bonchev–Trinajstić information content (AvgIpc) is 3.14. The number of rotatable bonds is 7. The van der Waals surface area contributed by atoms with Gasteiger partial charge in [0.1, 0.15) is 0 Å². The Labute approximate surface area is 162 Å². The third-order valence-electron chi connectivity index (χ3n) is 5.49. The summed E-state index contributed by atoms with van der Waals surface area (Å²) in [6.07, 6.45) is 5.30. The highest BCUT2D eigenvalue weighted by atomic mass is 32.1. The molecule has 5 nitrogen and oxygen atoms in total. The molecule has 0 bridgehead atoms. The van der Waals surface area contributed by atoms with Crippen LogP contribution < -0.4 is 10.6 Å². The summed E-state index contributed by atoms with van der Waals surface area (Å²) in [4.78, 5) is 11.6. The molecule has 1 aromatic rings. The van der Waals surface area contributed by atoms with Gasteiger partial charge in [-0.3, -0.25) is 9.89 Å². The number of aliphatic imine (C=N–C) groups is 1. The highest BCUT2D eigenvalue weighted by molar-refractivity contribution is 7.10. The van der Waals surface area contributed by atoms with Crippen LogP contribution in [-0.4, -0.2) is 67.6 Å². The highest BCUT2D eigenvalue weighted by Gasteiger charge is 2.21. The molecule has 0 amide bonds. The molecule has 0 aromatic carbocycles. The first-order valence-electron chi connectivity index (χ1n) is 10.3. The number of thiophene rings is 1. The molecule has 0 radical (unpaired) electrons. The molecule has 6 heteroatoms. The lowest BCUT2D eigenvalue weighted by Gasteiger charge is -2.31. The van der Waals surface area contributed by atoms with Gasteiger partial charge in [-0.25, -0.2) is 0 Å². The smallest absolute Gasteiger partial charge is 0.191 e. The van der Waals surface area contributed by atoms with E-state index in [2.05, 4.69) is 45.7 Å². The van der Waals surface area contributed by atoms with E-state index in [-0.39, 0.29) is 0 Å². The van der Waals surface area contributed by atoms with E-state index in [0.717, 1.165) is 45.2 Å². The van der Waals surface area contributed by atoms with Crippen LogP contribution in [0.2, 0.25) is 0 Å². The zero-order valence-electron chi connectivity index (χ0n) is 16.5. The molecule has 0 saturated carbocycles. The van der Waals surface area contributed by atoms with Gasteiger partial charge in [0.05, 0.1) is 6.54 Å². The summed E-state index contributed by atoms with van der Waals surface area (Å²) >= 11 is 1.91. The molecule has 0 aliphatic carbocycles. The largest absolute Gasteiger partial charge is 0.357 e. The summed E-state index contributed by atoms with van der Waals surface area (Å²) < 4.78 is 0. The molecule has 1 aromatic heterocycles. The van der Waals surface area contributed by atoms with Gasteiger partial charge in [-0.05, 0) is 63.2 Å². The molecule has 26 heavy (non-hydrogen) atoms. The highest BCUT2D eigenvalue weighted by Crippen LogP contribution is 2.25. The van der Waals surface area contributed by atoms with Gasteiger partial charge in [-0.15, -0.1) is 11.3 Å². The average molecular weight is 378 g/mol. The first kappa shape index (κ1) is 19.6. The monoisotopic (exact) mass is 377 g/mol. The minimum atomic E-state index is 0.473. The Kier molecular flexibility index (Phi) is 7.77. The third kappa shape index (κ3) is 5.69.